The molecule has 1 fully saturated rings. The van der Waals surface area contributed by atoms with E-state index in [1.54, 1.807) is 0 Å². The molecule has 2 aliphatic heterocycles. The molecule has 1 aromatic carbocycles. The van der Waals surface area contributed by atoms with Crippen LogP contribution in [0, 0.1) is 5.92 Å². The highest BCUT2D eigenvalue weighted by molar-refractivity contribution is 7.90. The topological polar surface area (TPSA) is 75.6 Å². The number of nitrogens with zero attached hydrogens (tertiary/aromatic N) is 4. The van der Waals surface area contributed by atoms with E-state index < -0.39 is 9.84 Å². The fourth-order valence-electron chi connectivity index (χ4n) is 4.84. The van der Waals surface area contributed by atoms with Crippen molar-refractivity contribution in [2.45, 2.75) is 52.0 Å². The number of hydrogen-bond donors (Lipinski definition) is 0. The molecule has 2 aliphatic rings. The van der Waals surface area contributed by atoms with Crippen LogP contribution >= 0.6 is 0 Å². The first-order chi connectivity index (χ1) is 16.4. The predicted octanol–water partition coefficient (Wildman–Crippen LogP) is 3.52. The average molecular weight is 487 g/mol. The summed E-state index contributed by atoms with van der Waals surface area (Å²) in [7, 11) is -2.92. The molecule has 34 heavy (non-hydrogen) atoms. The van der Waals surface area contributed by atoms with Gasteiger partial charge in [-0.1, -0.05) is 13.0 Å². The molecule has 0 bridgehead atoms. The van der Waals surface area contributed by atoms with Gasteiger partial charge >= 0.3 is 0 Å². The quantitative estimate of drug-likeness (QED) is 0.476. The third-order valence-electron chi connectivity index (χ3n) is 7.07. The van der Waals surface area contributed by atoms with Crippen molar-refractivity contribution >= 4 is 15.8 Å². The van der Waals surface area contributed by atoms with Gasteiger partial charge in [-0.3, -0.25) is 4.90 Å². The molecule has 0 N–H and O–H groups in total. The van der Waals surface area contributed by atoms with Gasteiger partial charge in [-0.2, -0.15) is 0 Å². The number of rotatable bonds is 10. The summed E-state index contributed by atoms with van der Waals surface area (Å²) in [5.41, 5.74) is 3.80. The van der Waals surface area contributed by atoms with Gasteiger partial charge < -0.3 is 9.64 Å². The Hall–Kier alpha value is -2.19. The molecule has 0 spiro atoms. The third kappa shape index (κ3) is 7.15. The lowest BCUT2D eigenvalue weighted by Gasteiger charge is -2.32. The van der Waals surface area contributed by atoms with Gasteiger partial charge in [0.25, 0.3) is 0 Å². The van der Waals surface area contributed by atoms with Crippen LogP contribution < -0.4 is 9.64 Å². The lowest BCUT2D eigenvalue weighted by Crippen LogP contribution is -2.35. The molecular weight excluding hydrogens is 448 g/mol. The molecule has 0 saturated carbocycles. The summed E-state index contributed by atoms with van der Waals surface area (Å²) in [5.74, 6) is 2.79. The Balaban J connectivity index is 1.15. The first kappa shape index (κ1) is 24.9. The average Bonchev–Trinajstić information content (AvgIpc) is 2.85. The van der Waals surface area contributed by atoms with Crippen LogP contribution in [-0.2, 0) is 29.2 Å². The van der Waals surface area contributed by atoms with E-state index in [2.05, 4.69) is 44.9 Å². The first-order valence-corrected chi connectivity index (χ1v) is 14.7. The van der Waals surface area contributed by atoms with Crippen molar-refractivity contribution in [1.82, 2.24) is 14.9 Å². The summed E-state index contributed by atoms with van der Waals surface area (Å²) in [6, 6.07) is 6.37. The fraction of sp³-hybridized carbons (Fsp3) is 0.615. The Labute approximate surface area is 204 Å². The molecular formula is C26H38N4O3S. The summed E-state index contributed by atoms with van der Waals surface area (Å²) in [6.07, 6.45) is 11.8. The molecule has 186 valence electrons. The summed E-state index contributed by atoms with van der Waals surface area (Å²) in [6.45, 7) is 7.26. The van der Waals surface area contributed by atoms with Gasteiger partial charge in [0.2, 0.25) is 5.95 Å². The van der Waals surface area contributed by atoms with E-state index in [4.69, 9.17) is 4.74 Å². The molecule has 0 atom stereocenters. The molecule has 0 aliphatic carbocycles. The standard InChI is InChI=1S/C26H38N4O3S/c1-3-21-18-27-26(28-19-21)30-12-8-22(9-13-30)5-4-15-33-25-7-6-24-20-29(11-10-23(24)17-25)14-16-34(2,31)32/h6-7,17-19,22H,3-5,8-16,20H2,1-2H3. The first-order valence-electron chi connectivity index (χ1n) is 12.6. The van der Waals surface area contributed by atoms with Crippen LogP contribution in [-0.4, -0.2) is 68.1 Å². The van der Waals surface area contributed by atoms with Gasteiger partial charge in [0.15, 0.2) is 0 Å². The molecule has 8 heteroatoms. The van der Waals surface area contributed by atoms with Gasteiger partial charge in [-0.05, 0) is 73.3 Å². The number of fused-ring (bicyclic) bond motifs is 1. The van der Waals surface area contributed by atoms with E-state index in [1.165, 1.54) is 42.2 Å². The molecule has 3 heterocycles. The molecule has 0 radical (unpaired) electrons. The highest BCUT2D eigenvalue weighted by atomic mass is 32.2. The van der Waals surface area contributed by atoms with Crippen molar-refractivity contribution in [2.24, 2.45) is 5.92 Å². The molecule has 1 saturated heterocycles. The highest BCUT2D eigenvalue weighted by Crippen LogP contribution is 2.26. The number of aryl methyl sites for hydroxylation is 1. The minimum Gasteiger partial charge on any atom is -0.494 e. The van der Waals surface area contributed by atoms with Crippen molar-refractivity contribution in [1.29, 1.82) is 0 Å². The zero-order valence-corrected chi connectivity index (χ0v) is 21.4. The Kier molecular flexibility index (Phi) is 8.42. The summed E-state index contributed by atoms with van der Waals surface area (Å²) < 4.78 is 28.9. The Morgan fingerprint density at radius 2 is 1.85 bits per heavy atom. The molecule has 2 aromatic rings. The van der Waals surface area contributed by atoms with Crippen LogP contribution in [0.25, 0.3) is 0 Å². The second-order valence-corrected chi connectivity index (χ2v) is 12.0. The maximum atomic E-state index is 11.4. The predicted molar refractivity (Wildman–Crippen MR) is 136 cm³/mol. The number of anilines is 1. The van der Waals surface area contributed by atoms with Gasteiger partial charge in [0.05, 0.1) is 12.4 Å². The minimum absolute atomic E-state index is 0.225. The van der Waals surface area contributed by atoms with Crippen molar-refractivity contribution in [3.8, 4) is 5.75 Å². The zero-order chi connectivity index (χ0) is 24.0. The number of ether oxygens (including phenoxy) is 1. The van der Waals surface area contributed by atoms with Crippen molar-refractivity contribution in [3.05, 3.63) is 47.3 Å². The van der Waals surface area contributed by atoms with E-state index in [1.807, 2.05) is 12.4 Å². The highest BCUT2D eigenvalue weighted by Gasteiger charge is 2.21. The van der Waals surface area contributed by atoms with Crippen molar-refractivity contribution in [2.75, 3.05) is 49.7 Å². The van der Waals surface area contributed by atoms with Crippen LogP contribution in [0.4, 0.5) is 5.95 Å². The fourth-order valence-corrected chi connectivity index (χ4v) is 5.43. The van der Waals surface area contributed by atoms with Gasteiger partial charge in [-0.25, -0.2) is 18.4 Å². The normalized spacial score (nSPS) is 17.5. The van der Waals surface area contributed by atoms with Gasteiger partial charge in [0.1, 0.15) is 15.6 Å². The van der Waals surface area contributed by atoms with Crippen molar-refractivity contribution in [3.63, 3.8) is 0 Å². The number of piperidine rings is 1. The second-order valence-electron chi connectivity index (χ2n) is 9.75. The monoisotopic (exact) mass is 486 g/mol. The minimum atomic E-state index is -2.92. The SMILES string of the molecule is CCc1cnc(N2CCC(CCCOc3ccc4c(c3)CCN(CCS(C)(=O)=O)C4)CC2)nc1. The third-order valence-corrected chi connectivity index (χ3v) is 7.99. The van der Waals surface area contributed by atoms with Gasteiger partial charge in [-0.15, -0.1) is 0 Å². The number of hydrogen-bond acceptors (Lipinski definition) is 7. The molecule has 7 nitrogen and oxygen atoms in total. The Morgan fingerprint density at radius 1 is 1.09 bits per heavy atom. The maximum absolute atomic E-state index is 11.4. The molecule has 1 aromatic heterocycles. The zero-order valence-electron chi connectivity index (χ0n) is 20.6. The summed E-state index contributed by atoms with van der Waals surface area (Å²) >= 11 is 0. The number of aromatic nitrogens is 2. The summed E-state index contributed by atoms with van der Waals surface area (Å²) in [4.78, 5) is 13.6. The van der Waals surface area contributed by atoms with Crippen LogP contribution in [0.5, 0.6) is 5.75 Å². The van der Waals surface area contributed by atoms with E-state index >= 15 is 0 Å². The molecule has 0 unspecified atom stereocenters. The van der Waals surface area contributed by atoms with Crippen LogP contribution in [0.1, 0.15) is 49.3 Å². The van der Waals surface area contributed by atoms with E-state index in [-0.39, 0.29) is 5.75 Å². The van der Waals surface area contributed by atoms with Crippen LogP contribution in [0.2, 0.25) is 0 Å². The Morgan fingerprint density at radius 3 is 2.56 bits per heavy atom. The molecule has 0 amide bonds. The smallest absolute Gasteiger partial charge is 0.225 e. The maximum Gasteiger partial charge on any atom is 0.225 e. The Bertz CT molecular complexity index is 1030. The van der Waals surface area contributed by atoms with Crippen LogP contribution in [0.15, 0.2) is 30.6 Å². The number of benzene rings is 1. The van der Waals surface area contributed by atoms with E-state index in [0.29, 0.717) is 6.54 Å². The van der Waals surface area contributed by atoms with Crippen LogP contribution in [0.3, 0.4) is 0 Å². The van der Waals surface area contributed by atoms with E-state index in [9.17, 15) is 8.42 Å². The van der Waals surface area contributed by atoms with E-state index in [0.717, 1.165) is 69.7 Å². The van der Waals surface area contributed by atoms with Gasteiger partial charge in [0, 0.05) is 51.4 Å². The lowest BCUT2D eigenvalue weighted by atomic mass is 9.92. The van der Waals surface area contributed by atoms with Crippen molar-refractivity contribution < 1.29 is 13.2 Å². The number of sulfone groups is 1. The largest absolute Gasteiger partial charge is 0.494 e. The molecule has 4 rings (SSSR count). The lowest BCUT2D eigenvalue weighted by molar-refractivity contribution is 0.265. The summed E-state index contributed by atoms with van der Waals surface area (Å²) in [5, 5.41) is 0. The second kappa shape index (κ2) is 11.5.